The van der Waals surface area contributed by atoms with E-state index in [4.69, 9.17) is 4.42 Å². The minimum absolute atomic E-state index is 0.0641. The molecule has 1 aromatic carbocycles. The number of aliphatic hydroxyl groups is 1. The summed E-state index contributed by atoms with van der Waals surface area (Å²) in [6.45, 7) is 0. The summed E-state index contributed by atoms with van der Waals surface area (Å²) >= 11 is 1.31. The Morgan fingerprint density at radius 3 is 2.78 bits per heavy atom. The number of para-hydroxylation sites is 2. The van der Waals surface area contributed by atoms with Crippen molar-refractivity contribution in [1.82, 2.24) is 19.8 Å². The average Bonchev–Trinajstić information content (AvgIpc) is 3.28. The van der Waals surface area contributed by atoms with E-state index in [1.807, 2.05) is 24.3 Å². The molecule has 1 saturated heterocycles. The van der Waals surface area contributed by atoms with E-state index in [0.29, 0.717) is 16.0 Å². The van der Waals surface area contributed by atoms with Crippen molar-refractivity contribution in [1.29, 1.82) is 0 Å². The Kier molecular flexibility index (Phi) is 4.25. The number of aromatic amines is 1. The molecule has 0 radical (unpaired) electrons. The van der Waals surface area contributed by atoms with Gasteiger partial charge in [0.2, 0.25) is 0 Å². The van der Waals surface area contributed by atoms with Gasteiger partial charge in [-0.2, -0.15) is 0 Å². The Hall–Kier alpha value is -3.04. The third kappa shape index (κ3) is 3.11. The fraction of sp³-hybridized carbons (Fsp3) is 0.167. The fourth-order valence-electron chi connectivity index (χ4n) is 2.77. The molecule has 0 spiro atoms. The normalized spacial score (nSPS) is 19.5. The Morgan fingerprint density at radius 2 is 2.00 bits per heavy atom. The molecule has 1 fully saturated rings. The number of hydrogen-bond donors (Lipinski definition) is 2. The van der Waals surface area contributed by atoms with Crippen molar-refractivity contribution in [3.05, 3.63) is 47.7 Å². The van der Waals surface area contributed by atoms with Crippen molar-refractivity contribution in [3.8, 4) is 0 Å². The zero-order chi connectivity index (χ0) is 19.1. The van der Waals surface area contributed by atoms with Crippen molar-refractivity contribution in [2.45, 2.75) is 16.5 Å². The molecule has 3 heterocycles. The Bertz CT molecular complexity index is 1040. The monoisotopic (exact) mass is 384 g/mol. The van der Waals surface area contributed by atoms with Crippen LogP contribution in [0, 0.1) is 0 Å². The first-order valence-electron chi connectivity index (χ1n) is 8.11. The van der Waals surface area contributed by atoms with Crippen LogP contribution >= 0.6 is 11.8 Å². The van der Waals surface area contributed by atoms with Gasteiger partial charge >= 0.3 is 6.03 Å². The first kappa shape index (κ1) is 17.4. The van der Waals surface area contributed by atoms with Gasteiger partial charge in [-0.3, -0.25) is 14.6 Å². The zero-order valence-electron chi connectivity index (χ0n) is 14.5. The first-order valence-corrected chi connectivity index (χ1v) is 8.92. The lowest BCUT2D eigenvalue weighted by atomic mass is 10.1. The molecule has 0 bridgehead atoms. The van der Waals surface area contributed by atoms with Gasteiger partial charge in [0.05, 0.1) is 16.6 Å². The standard InChI is InChI=1S/C18H16N4O4S/c1-21-15(23)11(16(24)22(2)18(21)25)9-10-7-8-14(26-10)27-17-19-12-5-3-4-6-13(12)20-17/h3-9,15,23H,1-2H3,(H,19,20)/b11-9+. The number of imide groups is 1. The number of carbonyl (C=O) groups is 2. The predicted molar refractivity (Wildman–Crippen MR) is 98.8 cm³/mol. The third-order valence-corrected chi connectivity index (χ3v) is 5.06. The summed E-state index contributed by atoms with van der Waals surface area (Å²) in [6.07, 6.45) is 0.118. The molecule has 3 amide bonds. The number of nitrogens with one attached hydrogen (secondary N) is 1. The van der Waals surface area contributed by atoms with Gasteiger partial charge in [-0.05, 0) is 42.1 Å². The summed E-state index contributed by atoms with van der Waals surface area (Å²) < 4.78 is 5.72. The van der Waals surface area contributed by atoms with Crippen molar-refractivity contribution >= 4 is 40.8 Å². The molecule has 1 aliphatic rings. The molecule has 1 aliphatic heterocycles. The van der Waals surface area contributed by atoms with Crippen LogP contribution in [0.3, 0.4) is 0 Å². The molecule has 2 aromatic heterocycles. The summed E-state index contributed by atoms with van der Waals surface area (Å²) in [5.41, 5.74) is 1.86. The molecule has 9 heteroatoms. The number of furan rings is 1. The lowest BCUT2D eigenvalue weighted by molar-refractivity contribution is -0.128. The van der Waals surface area contributed by atoms with Gasteiger partial charge in [-0.1, -0.05) is 12.1 Å². The lowest BCUT2D eigenvalue weighted by Crippen LogP contribution is -2.55. The van der Waals surface area contributed by atoms with Gasteiger partial charge in [0.25, 0.3) is 5.91 Å². The number of aromatic nitrogens is 2. The highest BCUT2D eigenvalue weighted by atomic mass is 32.2. The van der Waals surface area contributed by atoms with Crippen molar-refractivity contribution < 1.29 is 19.1 Å². The number of aliphatic hydroxyl groups excluding tert-OH is 1. The number of benzene rings is 1. The summed E-state index contributed by atoms with van der Waals surface area (Å²) in [5, 5.41) is 11.5. The summed E-state index contributed by atoms with van der Waals surface area (Å²) in [5.74, 6) is -0.166. The molecule has 2 N–H and O–H groups in total. The molecule has 138 valence electrons. The van der Waals surface area contributed by atoms with E-state index >= 15 is 0 Å². The van der Waals surface area contributed by atoms with E-state index in [0.717, 1.165) is 20.8 Å². The third-order valence-electron chi connectivity index (χ3n) is 4.25. The maximum absolute atomic E-state index is 12.3. The van der Waals surface area contributed by atoms with Crippen LogP contribution in [0.15, 0.2) is 56.6 Å². The molecule has 1 unspecified atom stereocenters. The summed E-state index contributed by atoms with van der Waals surface area (Å²) in [4.78, 5) is 33.8. The van der Waals surface area contributed by atoms with Gasteiger partial charge in [-0.15, -0.1) is 0 Å². The number of hydrogen-bond acceptors (Lipinski definition) is 6. The van der Waals surface area contributed by atoms with E-state index in [1.165, 1.54) is 31.9 Å². The number of amides is 3. The Balaban J connectivity index is 1.57. The minimum Gasteiger partial charge on any atom is -0.450 e. The highest BCUT2D eigenvalue weighted by Crippen LogP contribution is 2.30. The summed E-state index contributed by atoms with van der Waals surface area (Å²) in [6, 6.07) is 10.6. The smallest absolute Gasteiger partial charge is 0.328 e. The number of likely N-dealkylation sites (N-methyl/N-ethyl adjacent to an activating group) is 2. The number of carbonyl (C=O) groups excluding carboxylic acids is 2. The lowest BCUT2D eigenvalue weighted by Gasteiger charge is -2.34. The molecule has 1 atom stereocenters. The fourth-order valence-corrected chi connectivity index (χ4v) is 3.54. The number of rotatable bonds is 3. The zero-order valence-corrected chi connectivity index (χ0v) is 15.4. The number of fused-ring (bicyclic) bond motifs is 1. The van der Waals surface area contributed by atoms with Crippen LogP contribution in [-0.2, 0) is 4.79 Å². The maximum atomic E-state index is 12.3. The molecule has 4 rings (SSSR count). The molecule has 3 aromatic rings. The molecular weight excluding hydrogens is 368 g/mol. The largest absolute Gasteiger partial charge is 0.450 e. The second-order valence-electron chi connectivity index (χ2n) is 6.05. The number of H-pyrrole nitrogens is 1. The summed E-state index contributed by atoms with van der Waals surface area (Å²) in [7, 11) is 2.79. The van der Waals surface area contributed by atoms with Crippen LogP contribution < -0.4 is 0 Å². The van der Waals surface area contributed by atoms with E-state index in [9.17, 15) is 14.7 Å². The van der Waals surface area contributed by atoms with Gasteiger partial charge < -0.3 is 14.5 Å². The number of urea groups is 1. The maximum Gasteiger partial charge on any atom is 0.328 e. The van der Waals surface area contributed by atoms with Gasteiger partial charge in [0.1, 0.15) is 5.76 Å². The quantitative estimate of drug-likeness (QED) is 0.673. The highest BCUT2D eigenvalue weighted by molar-refractivity contribution is 7.99. The number of imidazole rings is 1. The Labute approximate surface area is 158 Å². The molecule has 0 aliphatic carbocycles. The molecule has 0 saturated carbocycles. The SMILES string of the molecule is CN1C(=O)/C(=C/c2ccc(Sc3nc4ccccc4[nH]3)o2)C(O)N(C)C1=O. The van der Waals surface area contributed by atoms with E-state index in [-0.39, 0.29) is 5.57 Å². The molecule has 27 heavy (non-hydrogen) atoms. The second kappa shape index (κ2) is 6.60. The van der Waals surface area contributed by atoms with Crippen LogP contribution in [0.2, 0.25) is 0 Å². The van der Waals surface area contributed by atoms with Gasteiger partial charge in [0.15, 0.2) is 16.5 Å². The van der Waals surface area contributed by atoms with E-state index < -0.39 is 18.2 Å². The van der Waals surface area contributed by atoms with E-state index in [2.05, 4.69) is 9.97 Å². The van der Waals surface area contributed by atoms with Gasteiger partial charge in [0, 0.05) is 14.1 Å². The average molecular weight is 384 g/mol. The van der Waals surface area contributed by atoms with Crippen LogP contribution in [0.5, 0.6) is 0 Å². The number of nitrogens with zero attached hydrogens (tertiary/aromatic N) is 3. The minimum atomic E-state index is -1.32. The Morgan fingerprint density at radius 1 is 1.22 bits per heavy atom. The van der Waals surface area contributed by atoms with Crippen LogP contribution in [-0.4, -0.2) is 57.1 Å². The second-order valence-corrected chi connectivity index (χ2v) is 7.04. The molecule has 8 nitrogen and oxygen atoms in total. The van der Waals surface area contributed by atoms with Crippen LogP contribution in [0.4, 0.5) is 4.79 Å². The van der Waals surface area contributed by atoms with Crippen molar-refractivity contribution in [2.75, 3.05) is 14.1 Å². The van der Waals surface area contributed by atoms with Crippen LogP contribution in [0.25, 0.3) is 17.1 Å². The van der Waals surface area contributed by atoms with Crippen molar-refractivity contribution in [3.63, 3.8) is 0 Å². The van der Waals surface area contributed by atoms with Gasteiger partial charge in [-0.25, -0.2) is 9.78 Å². The van der Waals surface area contributed by atoms with Crippen molar-refractivity contribution in [2.24, 2.45) is 0 Å². The highest BCUT2D eigenvalue weighted by Gasteiger charge is 2.37. The molecular formula is C18H16N4O4S. The van der Waals surface area contributed by atoms with Crippen LogP contribution in [0.1, 0.15) is 5.76 Å². The first-order chi connectivity index (χ1) is 12.9. The van der Waals surface area contributed by atoms with E-state index in [1.54, 1.807) is 12.1 Å². The topological polar surface area (TPSA) is 103 Å². The predicted octanol–water partition coefficient (Wildman–Crippen LogP) is 2.53.